The first kappa shape index (κ1) is 14.0. The predicted molar refractivity (Wildman–Crippen MR) is 79.0 cm³/mol. The molecule has 112 valence electrons. The monoisotopic (exact) mass is 287 g/mol. The molecular weight excluding hydrogens is 266 g/mol. The van der Waals surface area contributed by atoms with E-state index in [9.17, 15) is 4.79 Å². The fraction of sp³-hybridized carbons (Fsp3) is 0.600. The van der Waals surface area contributed by atoms with Crippen LogP contribution < -0.4 is 0 Å². The zero-order chi connectivity index (χ0) is 15.0. The van der Waals surface area contributed by atoms with E-state index >= 15 is 0 Å². The number of fused-ring (bicyclic) bond motifs is 1. The third-order valence-electron chi connectivity index (χ3n) is 4.51. The smallest absolute Gasteiger partial charge is 0.293 e. The first-order valence-corrected chi connectivity index (χ1v) is 7.53. The SMILES string of the molecule is Cc1ccnc2nc(C(=O)N(C)C3CCCCC3C)nn12. The van der Waals surface area contributed by atoms with E-state index in [0.29, 0.717) is 11.7 Å². The van der Waals surface area contributed by atoms with Gasteiger partial charge in [0.1, 0.15) is 0 Å². The fourth-order valence-corrected chi connectivity index (χ4v) is 3.18. The van der Waals surface area contributed by atoms with Crippen molar-refractivity contribution in [1.82, 2.24) is 24.5 Å². The standard InChI is InChI=1S/C15H21N5O/c1-10-6-4-5-7-12(10)19(3)14(21)13-17-15-16-9-8-11(2)20(15)18-13/h8-10,12H,4-7H2,1-3H3. The maximum Gasteiger partial charge on any atom is 0.293 e. The minimum absolute atomic E-state index is 0.112. The van der Waals surface area contributed by atoms with E-state index in [0.717, 1.165) is 12.1 Å². The average molecular weight is 287 g/mol. The van der Waals surface area contributed by atoms with E-state index in [1.807, 2.05) is 24.9 Å². The molecule has 1 amide bonds. The highest BCUT2D eigenvalue weighted by Crippen LogP contribution is 2.27. The summed E-state index contributed by atoms with van der Waals surface area (Å²) < 4.78 is 1.62. The average Bonchev–Trinajstić information content (AvgIpc) is 2.92. The second-order valence-electron chi connectivity index (χ2n) is 5.98. The van der Waals surface area contributed by atoms with Crippen LogP contribution in [0.5, 0.6) is 0 Å². The number of nitrogens with zero attached hydrogens (tertiary/aromatic N) is 5. The van der Waals surface area contributed by atoms with Gasteiger partial charge in [0.2, 0.25) is 5.82 Å². The van der Waals surface area contributed by atoms with Crippen LogP contribution in [-0.4, -0.2) is 43.5 Å². The first-order chi connectivity index (χ1) is 10.1. The Morgan fingerprint density at radius 3 is 2.86 bits per heavy atom. The minimum atomic E-state index is -0.112. The molecule has 21 heavy (non-hydrogen) atoms. The van der Waals surface area contributed by atoms with Crippen LogP contribution in [0, 0.1) is 12.8 Å². The summed E-state index contributed by atoms with van der Waals surface area (Å²) >= 11 is 0. The van der Waals surface area contributed by atoms with Gasteiger partial charge >= 0.3 is 0 Å². The van der Waals surface area contributed by atoms with Gasteiger partial charge in [-0.05, 0) is 31.7 Å². The molecule has 6 heteroatoms. The molecule has 2 heterocycles. The second kappa shape index (κ2) is 5.42. The lowest BCUT2D eigenvalue weighted by atomic mass is 9.85. The van der Waals surface area contributed by atoms with Gasteiger partial charge in [-0.15, -0.1) is 5.10 Å². The summed E-state index contributed by atoms with van der Waals surface area (Å²) in [6.07, 6.45) is 6.37. The van der Waals surface area contributed by atoms with Crippen LogP contribution in [0.2, 0.25) is 0 Å². The van der Waals surface area contributed by atoms with Gasteiger partial charge in [-0.3, -0.25) is 4.79 Å². The highest BCUT2D eigenvalue weighted by molar-refractivity contribution is 5.90. The summed E-state index contributed by atoms with van der Waals surface area (Å²) in [7, 11) is 1.86. The zero-order valence-electron chi connectivity index (χ0n) is 12.8. The van der Waals surface area contributed by atoms with Crippen LogP contribution in [-0.2, 0) is 0 Å². The molecule has 0 bridgehead atoms. The van der Waals surface area contributed by atoms with Gasteiger partial charge in [0, 0.05) is 25.0 Å². The number of carbonyl (C=O) groups excluding carboxylic acids is 1. The Kier molecular flexibility index (Phi) is 3.61. The molecule has 1 saturated carbocycles. The number of hydrogen-bond donors (Lipinski definition) is 0. The molecule has 0 aliphatic heterocycles. The molecule has 2 unspecified atom stereocenters. The summed E-state index contributed by atoms with van der Waals surface area (Å²) in [4.78, 5) is 22.9. The van der Waals surface area contributed by atoms with Crippen molar-refractivity contribution in [2.45, 2.75) is 45.6 Å². The number of carbonyl (C=O) groups is 1. The van der Waals surface area contributed by atoms with Gasteiger partial charge in [0.15, 0.2) is 0 Å². The lowest BCUT2D eigenvalue weighted by Gasteiger charge is -2.35. The molecular formula is C15H21N5O. The Bertz CT molecular complexity index is 665. The third kappa shape index (κ3) is 2.50. The van der Waals surface area contributed by atoms with Gasteiger partial charge in [-0.1, -0.05) is 19.8 Å². The van der Waals surface area contributed by atoms with Crippen LogP contribution in [0.4, 0.5) is 0 Å². The predicted octanol–water partition coefficient (Wildman–Crippen LogP) is 2.08. The van der Waals surface area contributed by atoms with Crippen molar-refractivity contribution in [2.75, 3.05) is 7.05 Å². The number of hydrogen-bond acceptors (Lipinski definition) is 4. The molecule has 0 spiro atoms. The summed E-state index contributed by atoms with van der Waals surface area (Å²) in [5.74, 6) is 1.13. The van der Waals surface area contributed by atoms with Crippen molar-refractivity contribution in [3.63, 3.8) is 0 Å². The van der Waals surface area contributed by atoms with Crippen LogP contribution in [0.1, 0.15) is 48.9 Å². The van der Waals surface area contributed by atoms with E-state index < -0.39 is 0 Å². The van der Waals surface area contributed by atoms with Crippen LogP contribution in [0.3, 0.4) is 0 Å². The maximum atomic E-state index is 12.6. The fourth-order valence-electron chi connectivity index (χ4n) is 3.18. The van der Waals surface area contributed by atoms with Gasteiger partial charge in [0.05, 0.1) is 0 Å². The van der Waals surface area contributed by atoms with E-state index in [1.165, 1.54) is 19.3 Å². The number of aromatic nitrogens is 4. The molecule has 2 atom stereocenters. The molecule has 1 aliphatic carbocycles. The summed E-state index contributed by atoms with van der Waals surface area (Å²) in [5, 5.41) is 4.30. The molecule has 1 fully saturated rings. The van der Waals surface area contributed by atoms with Crippen molar-refractivity contribution in [2.24, 2.45) is 5.92 Å². The maximum absolute atomic E-state index is 12.6. The first-order valence-electron chi connectivity index (χ1n) is 7.53. The van der Waals surface area contributed by atoms with Gasteiger partial charge in [-0.2, -0.15) is 4.98 Å². The molecule has 2 aromatic rings. The van der Waals surface area contributed by atoms with Crippen molar-refractivity contribution in [1.29, 1.82) is 0 Å². The second-order valence-corrected chi connectivity index (χ2v) is 5.98. The molecule has 6 nitrogen and oxygen atoms in total. The number of rotatable bonds is 2. The molecule has 3 rings (SSSR count). The molecule has 0 radical (unpaired) electrons. The quantitative estimate of drug-likeness (QED) is 0.848. The van der Waals surface area contributed by atoms with Crippen LogP contribution in [0.25, 0.3) is 5.78 Å². The van der Waals surface area contributed by atoms with E-state index in [1.54, 1.807) is 10.7 Å². The largest absolute Gasteiger partial charge is 0.336 e. The molecule has 2 aromatic heterocycles. The van der Waals surface area contributed by atoms with Crippen molar-refractivity contribution < 1.29 is 4.79 Å². The van der Waals surface area contributed by atoms with E-state index in [4.69, 9.17) is 0 Å². The summed E-state index contributed by atoms with van der Waals surface area (Å²) in [5.41, 5.74) is 0.917. The molecule has 0 aromatic carbocycles. The highest BCUT2D eigenvalue weighted by Gasteiger charge is 2.30. The van der Waals surface area contributed by atoms with Gasteiger partial charge < -0.3 is 4.90 Å². The normalized spacial score (nSPS) is 22.4. The Morgan fingerprint density at radius 2 is 2.14 bits per heavy atom. The number of aryl methyl sites for hydroxylation is 1. The van der Waals surface area contributed by atoms with Crippen molar-refractivity contribution in [3.8, 4) is 0 Å². The van der Waals surface area contributed by atoms with Crippen molar-refractivity contribution >= 4 is 11.7 Å². The Labute approximate surface area is 124 Å². The Morgan fingerprint density at radius 1 is 1.38 bits per heavy atom. The highest BCUT2D eigenvalue weighted by atomic mass is 16.2. The minimum Gasteiger partial charge on any atom is -0.336 e. The van der Waals surface area contributed by atoms with E-state index in [2.05, 4.69) is 22.0 Å². The molecule has 1 aliphatic rings. The van der Waals surface area contributed by atoms with E-state index in [-0.39, 0.29) is 17.8 Å². The molecule has 0 saturated heterocycles. The lowest BCUT2D eigenvalue weighted by Crippen LogP contribution is -2.43. The number of amides is 1. The van der Waals surface area contributed by atoms with Crippen LogP contribution >= 0.6 is 0 Å². The van der Waals surface area contributed by atoms with Crippen molar-refractivity contribution in [3.05, 3.63) is 23.8 Å². The summed E-state index contributed by atoms with van der Waals surface area (Å²) in [6, 6.07) is 2.13. The van der Waals surface area contributed by atoms with Gasteiger partial charge in [0.25, 0.3) is 11.7 Å². The summed E-state index contributed by atoms with van der Waals surface area (Å²) in [6.45, 7) is 4.14. The lowest BCUT2D eigenvalue weighted by molar-refractivity contribution is 0.0617. The third-order valence-corrected chi connectivity index (χ3v) is 4.51. The zero-order valence-corrected chi connectivity index (χ0v) is 12.8. The molecule has 0 N–H and O–H groups in total. The Hall–Kier alpha value is -1.98. The van der Waals surface area contributed by atoms with Crippen LogP contribution in [0.15, 0.2) is 12.3 Å². The van der Waals surface area contributed by atoms with Gasteiger partial charge in [-0.25, -0.2) is 9.50 Å². The Balaban J connectivity index is 1.87. The topological polar surface area (TPSA) is 63.4 Å².